The van der Waals surface area contributed by atoms with Crippen LogP contribution in [0.15, 0.2) is 54.6 Å². The summed E-state index contributed by atoms with van der Waals surface area (Å²) >= 11 is 0. The maximum Gasteiger partial charge on any atom is 0.303 e. The molecule has 28 heavy (non-hydrogen) atoms. The van der Waals surface area contributed by atoms with E-state index in [1.807, 2.05) is 30.3 Å². The molecule has 2 aromatic carbocycles. The van der Waals surface area contributed by atoms with E-state index in [0.29, 0.717) is 30.6 Å². The van der Waals surface area contributed by atoms with E-state index in [2.05, 4.69) is 5.32 Å². The van der Waals surface area contributed by atoms with Crippen molar-refractivity contribution in [1.82, 2.24) is 10.2 Å². The number of nitrogens with one attached hydrogen (secondary N) is 1. The molecule has 2 aromatic rings. The molecule has 1 aliphatic rings. The summed E-state index contributed by atoms with van der Waals surface area (Å²) in [4.78, 5) is 37.5. The lowest BCUT2D eigenvalue weighted by Crippen LogP contribution is -2.32. The Labute approximate surface area is 164 Å². The molecule has 2 N–H and O–H groups in total. The summed E-state index contributed by atoms with van der Waals surface area (Å²) in [6, 6.07) is 16.5. The zero-order chi connectivity index (χ0) is 19.9. The van der Waals surface area contributed by atoms with Gasteiger partial charge in [-0.1, -0.05) is 30.3 Å². The smallest absolute Gasteiger partial charge is 0.303 e. The molecule has 0 spiro atoms. The maximum absolute atomic E-state index is 13.0. The van der Waals surface area contributed by atoms with Gasteiger partial charge < -0.3 is 15.3 Å². The Morgan fingerprint density at radius 3 is 2.21 bits per heavy atom. The Bertz CT molecular complexity index is 829. The number of carbonyl (C=O) groups is 3. The first-order chi connectivity index (χ1) is 13.5. The fourth-order valence-electron chi connectivity index (χ4n) is 2.92. The Morgan fingerprint density at radius 1 is 0.964 bits per heavy atom. The van der Waals surface area contributed by atoms with Gasteiger partial charge in [0.2, 0.25) is 0 Å². The fraction of sp³-hybridized carbons (Fsp3) is 0.318. The number of hydrogen-bond acceptors (Lipinski definition) is 3. The van der Waals surface area contributed by atoms with Gasteiger partial charge in [-0.2, -0.15) is 0 Å². The van der Waals surface area contributed by atoms with Gasteiger partial charge in [0.15, 0.2) is 0 Å². The van der Waals surface area contributed by atoms with Crippen LogP contribution in [0.25, 0.3) is 0 Å². The second-order valence-corrected chi connectivity index (χ2v) is 7.03. The lowest BCUT2D eigenvalue weighted by molar-refractivity contribution is -0.137. The third kappa shape index (κ3) is 5.67. The van der Waals surface area contributed by atoms with Gasteiger partial charge in [0, 0.05) is 36.7 Å². The molecule has 6 heteroatoms. The quantitative estimate of drug-likeness (QED) is 0.700. The van der Waals surface area contributed by atoms with Crippen molar-refractivity contribution in [2.24, 2.45) is 0 Å². The zero-order valence-corrected chi connectivity index (χ0v) is 15.6. The highest BCUT2D eigenvalue weighted by Gasteiger charge is 2.24. The van der Waals surface area contributed by atoms with Crippen molar-refractivity contribution >= 4 is 17.8 Å². The zero-order valence-electron chi connectivity index (χ0n) is 15.6. The number of benzene rings is 2. The number of hydrogen-bond donors (Lipinski definition) is 2. The standard InChI is InChI=1S/C22H24N2O4/c25-20(26)7-4-14-24(15-16-5-2-1-3-6-16)22(28)18-10-8-17(9-11-18)21(27)23-19-12-13-19/h1-3,5-6,8-11,19H,4,7,12-15H2,(H,23,27)(H,25,26). The molecule has 0 aromatic heterocycles. The molecule has 0 aliphatic heterocycles. The van der Waals surface area contributed by atoms with Crippen LogP contribution in [0.5, 0.6) is 0 Å². The summed E-state index contributed by atoms with van der Waals surface area (Å²) < 4.78 is 0. The van der Waals surface area contributed by atoms with E-state index in [0.717, 1.165) is 18.4 Å². The van der Waals surface area contributed by atoms with Crippen molar-refractivity contribution in [3.05, 3.63) is 71.3 Å². The summed E-state index contributed by atoms with van der Waals surface area (Å²) in [5, 5.41) is 11.8. The Kier molecular flexibility index (Phi) is 6.42. The molecule has 3 rings (SSSR count). The maximum atomic E-state index is 13.0. The molecule has 0 heterocycles. The SMILES string of the molecule is O=C(O)CCCN(Cc1ccccc1)C(=O)c1ccc(C(=O)NC2CC2)cc1. The molecule has 0 atom stereocenters. The average Bonchev–Trinajstić information content (AvgIpc) is 3.51. The van der Waals surface area contributed by atoms with Crippen molar-refractivity contribution in [2.75, 3.05) is 6.54 Å². The molecule has 0 radical (unpaired) electrons. The van der Waals surface area contributed by atoms with Crippen LogP contribution in [-0.4, -0.2) is 40.4 Å². The minimum atomic E-state index is -0.877. The Balaban J connectivity index is 1.69. The summed E-state index contributed by atoms with van der Waals surface area (Å²) in [7, 11) is 0. The fourth-order valence-corrected chi connectivity index (χ4v) is 2.92. The van der Waals surface area contributed by atoms with E-state index in [1.165, 1.54) is 0 Å². The summed E-state index contributed by atoms with van der Waals surface area (Å²) in [5.41, 5.74) is 1.99. The first-order valence-electron chi connectivity index (χ1n) is 9.49. The highest BCUT2D eigenvalue weighted by molar-refractivity contribution is 5.98. The second-order valence-electron chi connectivity index (χ2n) is 7.03. The third-order valence-electron chi connectivity index (χ3n) is 4.63. The van der Waals surface area contributed by atoms with Gasteiger partial charge in [0.25, 0.3) is 11.8 Å². The summed E-state index contributed by atoms with van der Waals surface area (Å²) in [6.07, 6.45) is 2.44. The number of nitrogens with zero attached hydrogens (tertiary/aromatic N) is 1. The van der Waals surface area contributed by atoms with E-state index >= 15 is 0 Å². The van der Waals surface area contributed by atoms with Crippen LogP contribution in [0.4, 0.5) is 0 Å². The lowest BCUT2D eigenvalue weighted by Gasteiger charge is -2.23. The number of carbonyl (C=O) groups excluding carboxylic acids is 2. The molecule has 1 fully saturated rings. The molecule has 2 amide bonds. The number of carboxylic acids is 1. The van der Waals surface area contributed by atoms with Crippen LogP contribution in [0.1, 0.15) is 52.0 Å². The minimum absolute atomic E-state index is 0.0127. The average molecular weight is 380 g/mol. The van der Waals surface area contributed by atoms with Gasteiger partial charge in [-0.15, -0.1) is 0 Å². The molecule has 0 saturated heterocycles. The van der Waals surface area contributed by atoms with E-state index in [4.69, 9.17) is 5.11 Å². The largest absolute Gasteiger partial charge is 0.481 e. The highest BCUT2D eigenvalue weighted by Crippen LogP contribution is 2.19. The van der Waals surface area contributed by atoms with Crippen molar-refractivity contribution < 1.29 is 19.5 Å². The van der Waals surface area contributed by atoms with Crippen molar-refractivity contribution in [3.8, 4) is 0 Å². The van der Waals surface area contributed by atoms with Crippen molar-refractivity contribution in [2.45, 2.75) is 38.3 Å². The van der Waals surface area contributed by atoms with E-state index < -0.39 is 5.97 Å². The van der Waals surface area contributed by atoms with E-state index in [9.17, 15) is 14.4 Å². The van der Waals surface area contributed by atoms with E-state index in [-0.39, 0.29) is 24.3 Å². The number of rotatable bonds is 9. The normalized spacial score (nSPS) is 13.0. The van der Waals surface area contributed by atoms with Gasteiger partial charge in [-0.25, -0.2) is 0 Å². The number of carboxylic acid groups (broad SMARTS) is 1. The third-order valence-corrected chi connectivity index (χ3v) is 4.63. The molecule has 1 aliphatic carbocycles. The van der Waals surface area contributed by atoms with Gasteiger partial charge in [-0.3, -0.25) is 14.4 Å². The lowest BCUT2D eigenvalue weighted by atomic mass is 10.1. The summed E-state index contributed by atoms with van der Waals surface area (Å²) in [5.74, 6) is -1.18. The minimum Gasteiger partial charge on any atom is -0.481 e. The van der Waals surface area contributed by atoms with Crippen LogP contribution in [0.2, 0.25) is 0 Å². The van der Waals surface area contributed by atoms with E-state index in [1.54, 1.807) is 29.2 Å². The molecule has 0 bridgehead atoms. The van der Waals surface area contributed by atoms with Gasteiger partial charge in [0.05, 0.1) is 0 Å². The Morgan fingerprint density at radius 2 is 1.61 bits per heavy atom. The van der Waals surface area contributed by atoms with Crippen LogP contribution in [0, 0.1) is 0 Å². The van der Waals surface area contributed by atoms with Crippen LogP contribution in [-0.2, 0) is 11.3 Å². The van der Waals surface area contributed by atoms with Crippen LogP contribution in [0.3, 0.4) is 0 Å². The second kappa shape index (κ2) is 9.17. The molecule has 6 nitrogen and oxygen atoms in total. The van der Waals surface area contributed by atoms with Crippen molar-refractivity contribution in [3.63, 3.8) is 0 Å². The number of aliphatic carboxylic acids is 1. The predicted octanol–water partition coefficient (Wildman–Crippen LogP) is 3.09. The predicted molar refractivity (Wildman–Crippen MR) is 105 cm³/mol. The monoisotopic (exact) mass is 380 g/mol. The Hall–Kier alpha value is -3.15. The van der Waals surface area contributed by atoms with Gasteiger partial charge >= 0.3 is 5.97 Å². The molecule has 146 valence electrons. The van der Waals surface area contributed by atoms with Gasteiger partial charge in [-0.05, 0) is 49.1 Å². The summed E-state index contributed by atoms with van der Waals surface area (Å²) in [6.45, 7) is 0.757. The van der Waals surface area contributed by atoms with Crippen LogP contribution < -0.4 is 5.32 Å². The first-order valence-corrected chi connectivity index (χ1v) is 9.49. The highest BCUT2D eigenvalue weighted by atomic mass is 16.4. The molecule has 1 saturated carbocycles. The van der Waals surface area contributed by atoms with Crippen LogP contribution >= 0.6 is 0 Å². The first kappa shape index (κ1) is 19.6. The number of amides is 2. The topological polar surface area (TPSA) is 86.7 Å². The van der Waals surface area contributed by atoms with Crippen molar-refractivity contribution in [1.29, 1.82) is 0 Å². The molecule has 0 unspecified atom stereocenters. The molecular weight excluding hydrogens is 356 g/mol. The molecular formula is C22H24N2O4. The van der Waals surface area contributed by atoms with Gasteiger partial charge in [0.1, 0.15) is 0 Å².